The number of nitrogens with zero attached hydrogens (tertiary/aromatic N) is 1. The fourth-order valence-electron chi connectivity index (χ4n) is 2.01. The Morgan fingerprint density at radius 1 is 1.15 bits per heavy atom. The number of esters is 1. The lowest BCUT2D eigenvalue weighted by atomic mass is 10.1. The number of ether oxygens (including phenoxy) is 1. The van der Waals surface area contributed by atoms with Crippen LogP contribution in [0.3, 0.4) is 0 Å². The Balaban J connectivity index is 0.000000487. The molecule has 8 heteroatoms. The van der Waals surface area contributed by atoms with Crippen LogP contribution in [0.5, 0.6) is 5.75 Å². The smallest absolute Gasteiger partial charge is 0.414 e. The molecular weight excluding hydrogens is 340 g/mol. The molecule has 1 aromatic carbocycles. The Morgan fingerprint density at radius 2 is 1.77 bits per heavy atom. The molecule has 3 N–H and O–H groups in total. The van der Waals surface area contributed by atoms with E-state index < -0.39 is 11.9 Å². The summed E-state index contributed by atoms with van der Waals surface area (Å²) in [6.45, 7) is 4.66. The molecule has 26 heavy (non-hydrogen) atoms. The first kappa shape index (κ1) is 21.2. The summed E-state index contributed by atoms with van der Waals surface area (Å²) < 4.78 is 5.37. The second-order valence-electron chi connectivity index (χ2n) is 6.26. The highest BCUT2D eigenvalue weighted by atomic mass is 16.5. The molecule has 8 nitrogen and oxygen atoms in total. The van der Waals surface area contributed by atoms with E-state index >= 15 is 0 Å². The number of aromatic amines is 1. The molecule has 0 aliphatic heterocycles. The van der Waals surface area contributed by atoms with Crippen molar-refractivity contribution in [2.24, 2.45) is 5.92 Å². The van der Waals surface area contributed by atoms with Crippen molar-refractivity contribution in [1.82, 2.24) is 9.88 Å². The SMILES string of the molecule is CC(C)C(=O)Oc1ccc2[nH]cc(CCN(C)C)c2c1.O=C(O)C(=O)O. The zero-order chi connectivity index (χ0) is 19.9. The van der Waals surface area contributed by atoms with Crippen LogP contribution in [0, 0.1) is 5.92 Å². The zero-order valence-corrected chi connectivity index (χ0v) is 15.3. The maximum atomic E-state index is 11.6. The van der Waals surface area contributed by atoms with Crippen LogP contribution in [-0.4, -0.2) is 58.6 Å². The molecule has 0 aliphatic carbocycles. The van der Waals surface area contributed by atoms with E-state index in [0.29, 0.717) is 5.75 Å². The Kier molecular flexibility index (Phi) is 7.79. The van der Waals surface area contributed by atoms with Crippen LogP contribution >= 0.6 is 0 Å². The summed E-state index contributed by atoms with van der Waals surface area (Å²) in [6, 6.07) is 5.73. The van der Waals surface area contributed by atoms with E-state index in [1.807, 2.05) is 38.2 Å². The van der Waals surface area contributed by atoms with Crippen molar-refractivity contribution in [3.8, 4) is 5.75 Å². The lowest BCUT2D eigenvalue weighted by Crippen LogP contribution is -2.15. The Morgan fingerprint density at radius 3 is 2.27 bits per heavy atom. The molecule has 0 unspecified atom stereocenters. The van der Waals surface area contributed by atoms with Gasteiger partial charge in [-0.05, 0) is 44.3 Å². The van der Waals surface area contributed by atoms with Gasteiger partial charge in [-0.25, -0.2) is 9.59 Å². The highest BCUT2D eigenvalue weighted by Gasteiger charge is 2.11. The van der Waals surface area contributed by atoms with Crippen LogP contribution in [0.25, 0.3) is 10.9 Å². The molecule has 0 atom stereocenters. The normalized spacial score (nSPS) is 10.5. The van der Waals surface area contributed by atoms with Gasteiger partial charge in [0.25, 0.3) is 0 Å². The van der Waals surface area contributed by atoms with Crippen molar-refractivity contribution in [2.75, 3.05) is 20.6 Å². The van der Waals surface area contributed by atoms with Gasteiger partial charge in [-0.3, -0.25) is 4.79 Å². The predicted octanol–water partition coefficient (Wildman–Crippen LogP) is 1.99. The molecule has 1 heterocycles. The fraction of sp³-hybridized carbons (Fsp3) is 0.389. The quantitative estimate of drug-likeness (QED) is 0.421. The summed E-state index contributed by atoms with van der Waals surface area (Å²) in [4.78, 5) is 35.3. The minimum absolute atomic E-state index is 0.120. The van der Waals surface area contributed by atoms with Crippen molar-refractivity contribution in [1.29, 1.82) is 0 Å². The number of carboxylic acid groups (broad SMARTS) is 2. The van der Waals surface area contributed by atoms with E-state index in [9.17, 15) is 4.79 Å². The van der Waals surface area contributed by atoms with Gasteiger partial charge in [0, 0.05) is 23.6 Å². The van der Waals surface area contributed by atoms with Gasteiger partial charge >= 0.3 is 17.9 Å². The van der Waals surface area contributed by atoms with Crippen LogP contribution in [0.1, 0.15) is 19.4 Å². The van der Waals surface area contributed by atoms with Crippen LogP contribution in [0.4, 0.5) is 0 Å². The van der Waals surface area contributed by atoms with E-state index in [-0.39, 0.29) is 11.9 Å². The van der Waals surface area contributed by atoms with Crippen LogP contribution < -0.4 is 4.74 Å². The minimum atomic E-state index is -1.82. The predicted molar refractivity (Wildman–Crippen MR) is 96.3 cm³/mol. The van der Waals surface area contributed by atoms with Gasteiger partial charge in [0.15, 0.2) is 0 Å². The van der Waals surface area contributed by atoms with Gasteiger partial charge in [-0.2, -0.15) is 0 Å². The number of hydrogen-bond donors (Lipinski definition) is 3. The topological polar surface area (TPSA) is 120 Å². The van der Waals surface area contributed by atoms with Gasteiger partial charge in [0.1, 0.15) is 5.75 Å². The first-order valence-electron chi connectivity index (χ1n) is 8.04. The number of carbonyl (C=O) groups is 3. The number of H-pyrrole nitrogens is 1. The minimum Gasteiger partial charge on any atom is -0.473 e. The van der Waals surface area contributed by atoms with Gasteiger partial charge < -0.3 is 24.8 Å². The van der Waals surface area contributed by atoms with Crippen molar-refractivity contribution < 1.29 is 29.3 Å². The zero-order valence-electron chi connectivity index (χ0n) is 15.3. The number of fused-ring (bicyclic) bond motifs is 1. The monoisotopic (exact) mass is 364 g/mol. The number of hydrogen-bond acceptors (Lipinski definition) is 5. The van der Waals surface area contributed by atoms with Crippen LogP contribution in [0.15, 0.2) is 24.4 Å². The van der Waals surface area contributed by atoms with E-state index in [1.165, 1.54) is 5.56 Å². The second kappa shape index (κ2) is 9.57. The third kappa shape index (κ3) is 6.56. The average molecular weight is 364 g/mol. The molecule has 142 valence electrons. The number of rotatable bonds is 5. The molecule has 2 rings (SSSR count). The standard InChI is InChI=1S/C16H22N2O2.C2H2O4/c1-11(2)16(19)20-13-5-6-15-14(9-13)12(10-17-15)7-8-18(3)4;3-1(4)2(5)6/h5-6,9-11,17H,7-8H2,1-4H3;(H,3,4)(H,5,6). The van der Waals surface area contributed by atoms with Crippen molar-refractivity contribution in [2.45, 2.75) is 20.3 Å². The summed E-state index contributed by atoms with van der Waals surface area (Å²) in [5, 5.41) is 15.9. The van der Waals surface area contributed by atoms with Crippen molar-refractivity contribution in [3.63, 3.8) is 0 Å². The molecule has 0 radical (unpaired) electrons. The van der Waals surface area contributed by atoms with Gasteiger partial charge in [0.2, 0.25) is 0 Å². The maximum absolute atomic E-state index is 11.6. The third-order valence-corrected chi connectivity index (χ3v) is 3.44. The highest BCUT2D eigenvalue weighted by Crippen LogP contribution is 2.24. The summed E-state index contributed by atoms with van der Waals surface area (Å²) in [5.41, 5.74) is 2.32. The lowest BCUT2D eigenvalue weighted by Gasteiger charge is -2.09. The maximum Gasteiger partial charge on any atom is 0.414 e. The summed E-state index contributed by atoms with van der Waals surface area (Å²) in [7, 11) is 4.12. The summed E-state index contributed by atoms with van der Waals surface area (Å²) >= 11 is 0. The summed E-state index contributed by atoms with van der Waals surface area (Å²) in [6.07, 6.45) is 3.00. The van der Waals surface area contributed by atoms with E-state index in [1.54, 1.807) is 0 Å². The Bertz CT molecular complexity index is 767. The van der Waals surface area contributed by atoms with E-state index in [4.69, 9.17) is 24.5 Å². The lowest BCUT2D eigenvalue weighted by molar-refractivity contribution is -0.159. The highest BCUT2D eigenvalue weighted by molar-refractivity contribution is 6.27. The second-order valence-corrected chi connectivity index (χ2v) is 6.26. The largest absolute Gasteiger partial charge is 0.473 e. The Hall–Kier alpha value is -2.87. The third-order valence-electron chi connectivity index (χ3n) is 3.44. The molecule has 0 spiro atoms. The molecule has 0 saturated carbocycles. The van der Waals surface area contributed by atoms with Gasteiger partial charge in [0.05, 0.1) is 5.92 Å². The number of benzene rings is 1. The van der Waals surface area contributed by atoms with Crippen molar-refractivity contribution >= 4 is 28.8 Å². The van der Waals surface area contributed by atoms with Crippen LogP contribution in [0.2, 0.25) is 0 Å². The first-order chi connectivity index (χ1) is 12.1. The van der Waals surface area contributed by atoms with Crippen LogP contribution in [-0.2, 0) is 20.8 Å². The van der Waals surface area contributed by atoms with Gasteiger partial charge in [-0.15, -0.1) is 0 Å². The number of likely N-dealkylation sites (N-methyl/N-ethyl adjacent to an activating group) is 1. The molecule has 0 bridgehead atoms. The first-order valence-corrected chi connectivity index (χ1v) is 8.04. The molecule has 1 aromatic heterocycles. The van der Waals surface area contributed by atoms with Gasteiger partial charge in [-0.1, -0.05) is 13.8 Å². The molecule has 0 amide bonds. The number of carbonyl (C=O) groups excluding carboxylic acids is 1. The summed E-state index contributed by atoms with van der Waals surface area (Å²) in [5.74, 6) is -3.35. The van der Waals surface area contributed by atoms with E-state index in [2.05, 4.69) is 24.0 Å². The number of nitrogens with one attached hydrogen (secondary N) is 1. The number of carboxylic acids is 2. The van der Waals surface area contributed by atoms with E-state index in [0.717, 1.165) is 23.9 Å². The molecule has 2 aromatic rings. The average Bonchev–Trinajstić information content (AvgIpc) is 2.95. The molecular formula is C18H24N2O6. The molecule has 0 aliphatic rings. The van der Waals surface area contributed by atoms with Crippen molar-refractivity contribution in [3.05, 3.63) is 30.0 Å². The number of aliphatic carboxylic acids is 2. The Labute approximate surface area is 151 Å². The number of aromatic nitrogens is 1. The fourth-order valence-corrected chi connectivity index (χ4v) is 2.01. The molecule has 0 saturated heterocycles. The molecule has 0 fully saturated rings.